The molecule has 0 aliphatic carbocycles. The second kappa shape index (κ2) is 5.06. The summed E-state index contributed by atoms with van der Waals surface area (Å²) in [4.78, 5) is 14.2. The summed E-state index contributed by atoms with van der Waals surface area (Å²) in [5.74, 6) is 0.467. The van der Waals surface area contributed by atoms with E-state index in [2.05, 4.69) is 36.1 Å². The predicted octanol–water partition coefficient (Wildman–Crippen LogP) is 2.77. The molecule has 3 nitrogen and oxygen atoms in total. The number of nitrogens with zero attached hydrogens (tertiary/aromatic N) is 1. The second-order valence-electron chi connectivity index (χ2n) is 5.70. The number of hydrogen-bond donors (Lipinski definition) is 0. The normalized spacial score (nSPS) is 35.1. The molecule has 2 aliphatic rings. The Bertz CT molecular complexity index is 459. The van der Waals surface area contributed by atoms with E-state index in [1.54, 1.807) is 6.92 Å². The van der Waals surface area contributed by atoms with E-state index in [-0.39, 0.29) is 18.2 Å². The molecule has 2 aliphatic heterocycles. The molecule has 0 radical (unpaired) electrons. The fraction of sp³-hybridized carbons (Fsp3) is 0.562. The van der Waals surface area contributed by atoms with Gasteiger partial charge in [-0.25, -0.2) is 0 Å². The fourth-order valence-corrected chi connectivity index (χ4v) is 3.61. The zero-order valence-electron chi connectivity index (χ0n) is 11.6. The number of ether oxygens (including phenoxy) is 1. The Kier molecular flexibility index (Phi) is 3.42. The fourth-order valence-electron chi connectivity index (χ4n) is 3.61. The summed E-state index contributed by atoms with van der Waals surface area (Å²) in [6, 6.07) is 11.0. The molecule has 19 heavy (non-hydrogen) atoms. The summed E-state index contributed by atoms with van der Waals surface area (Å²) in [6.45, 7) is 4.63. The number of fused-ring (bicyclic) bond motifs is 1. The monoisotopic (exact) mass is 259 g/mol. The molecule has 0 saturated carbocycles. The lowest BCUT2D eigenvalue weighted by Crippen LogP contribution is -2.49. The van der Waals surface area contributed by atoms with Gasteiger partial charge in [-0.3, -0.25) is 9.69 Å². The molecule has 3 heteroatoms. The third kappa shape index (κ3) is 2.21. The zero-order valence-corrected chi connectivity index (χ0v) is 11.6. The first-order valence-corrected chi connectivity index (χ1v) is 7.13. The maximum atomic E-state index is 11.8. The van der Waals surface area contributed by atoms with Gasteiger partial charge in [0.25, 0.3) is 0 Å². The van der Waals surface area contributed by atoms with Gasteiger partial charge in [0.1, 0.15) is 12.0 Å². The number of carbonyl (C=O) groups excluding carboxylic acids is 1. The van der Waals surface area contributed by atoms with Gasteiger partial charge in [0, 0.05) is 12.0 Å². The lowest BCUT2D eigenvalue weighted by atomic mass is 9.85. The largest absolute Gasteiger partial charge is 0.361 e. The lowest BCUT2D eigenvalue weighted by molar-refractivity contribution is -0.128. The van der Waals surface area contributed by atoms with Crippen molar-refractivity contribution in [1.29, 1.82) is 0 Å². The summed E-state index contributed by atoms with van der Waals surface area (Å²) in [5, 5.41) is 0. The highest BCUT2D eigenvalue weighted by molar-refractivity contribution is 5.79. The number of Topliss-reactive ketones (excluding diaryl/α,β-unsaturated/α-hetero) is 1. The Balaban J connectivity index is 1.87. The van der Waals surface area contributed by atoms with Crippen molar-refractivity contribution >= 4 is 5.78 Å². The van der Waals surface area contributed by atoms with Crippen molar-refractivity contribution in [1.82, 2.24) is 4.90 Å². The van der Waals surface area contributed by atoms with Crippen LogP contribution in [0.25, 0.3) is 0 Å². The van der Waals surface area contributed by atoms with Gasteiger partial charge >= 0.3 is 0 Å². The Hall–Kier alpha value is -1.19. The molecule has 2 saturated heterocycles. The Morgan fingerprint density at radius 2 is 2.00 bits per heavy atom. The first kappa shape index (κ1) is 12.8. The van der Waals surface area contributed by atoms with Crippen molar-refractivity contribution in [3.63, 3.8) is 0 Å². The van der Waals surface area contributed by atoms with Gasteiger partial charge in [0.2, 0.25) is 0 Å². The van der Waals surface area contributed by atoms with Crippen molar-refractivity contribution < 1.29 is 9.53 Å². The van der Waals surface area contributed by atoms with Crippen molar-refractivity contribution in [3.8, 4) is 0 Å². The van der Waals surface area contributed by atoms with Crippen LogP contribution in [0.3, 0.4) is 0 Å². The standard InChI is InChI=1S/C16H21NO2/c1-11-14(12(2)18)8-9-16-17(11)15(10-19-16)13-6-4-3-5-7-13/h3-7,11,14-16H,8-10H2,1-2H3/t11-,14-,15-,16-/m1/s1. The molecule has 0 N–H and O–H groups in total. The van der Waals surface area contributed by atoms with E-state index in [1.165, 1.54) is 5.56 Å². The van der Waals surface area contributed by atoms with E-state index in [0.29, 0.717) is 11.8 Å². The van der Waals surface area contributed by atoms with Crippen LogP contribution in [0.2, 0.25) is 0 Å². The predicted molar refractivity (Wildman–Crippen MR) is 73.6 cm³/mol. The average Bonchev–Trinajstić information content (AvgIpc) is 2.84. The van der Waals surface area contributed by atoms with Gasteiger partial charge in [-0.1, -0.05) is 30.3 Å². The van der Waals surface area contributed by atoms with E-state index in [9.17, 15) is 4.79 Å². The Labute approximate surface area is 114 Å². The third-order valence-corrected chi connectivity index (χ3v) is 4.62. The second-order valence-corrected chi connectivity index (χ2v) is 5.70. The molecule has 0 spiro atoms. The highest BCUT2D eigenvalue weighted by atomic mass is 16.5. The summed E-state index contributed by atoms with van der Waals surface area (Å²) in [5.41, 5.74) is 1.29. The zero-order chi connectivity index (χ0) is 13.4. The van der Waals surface area contributed by atoms with Crippen molar-refractivity contribution in [3.05, 3.63) is 35.9 Å². The molecule has 2 fully saturated rings. The van der Waals surface area contributed by atoms with Crippen LogP contribution in [0.1, 0.15) is 38.3 Å². The molecule has 0 unspecified atom stereocenters. The van der Waals surface area contributed by atoms with Crippen molar-refractivity contribution in [2.75, 3.05) is 6.61 Å². The number of carbonyl (C=O) groups is 1. The van der Waals surface area contributed by atoms with Crippen LogP contribution in [0, 0.1) is 5.92 Å². The SMILES string of the molecule is CC(=O)[C@@H]1CC[C@H]2OC[C@H](c3ccccc3)N2[C@@H]1C. The minimum absolute atomic E-state index is 0.157. The summed E-state index contributed by atoms with van der Waals surface area (Å²) in [6.07, 6.45) is 2.12. The Morgan fingerprint density at radius 1 is 1.26 bits per heavy atom. The summed E-state index contributed by atoms with van der Waals surface area (Å²) < 4.78 is 5.94. The summed E-state index contributed by atoms with van der Waals surface area (Å²) in [7, 11) is 0. The number of benzene rings is 1. The van der Waals surface area contributed by atoms with Crippen LogP contribution in [-0.4, -0.2) is 29.6 Å². The van der Waals surface area contributed by atoms with Crippen LogP contribution in [-0.2, 0) is 9.53 Å². The lowest BCUT2D eigenvalue weighted by Gasteiger charge is -2.41. The molecule has 4 atom stereocenters. The molecule has 1 aromatic rings. The molecular weight excluding hydrogens is 238 g/mol. The topological polar surface area (TPSA) is 29.5 Å². The summed E-state index contributed by atoms with van der Waals surface area (Å²) >= 11 is 0. The molecule has 0 bridgehead atoms. The number of piperidine rings is 1. The van der Waals surface area contributed by atoms with Crippen LogP contribution in [0.5, 0.6) is 0 Å². The van der Waals surface area contributed by atoms with Crippen LogP contribution in [0.15, 0.2) is 30.3 Å². The molecule has 3 rings (SSSR count). The molecule has 1 aromatic carbocycles. The quantitative estimate of drug-likeness (QED) is 0.818. The minimum Gasteiger partial charge on any atom is -0.361 e. The number of hydrogen-bond acceptors (Lipinski definition) is 3. The van der Waals surface area contributed by atoms with E-state index in [1.807, 2.05) is 6.07 Å². The molecule has 0 aromatic heterocycles. The van der Waals surface area contributed by atoms with Crippen molar-refractivity contribution in [2.24, 2.45) is 5.92 Å². The van der Waals surface area contributed by atoms with Crippen molar-refractivity contribution in [2.45, 2.75) is 45.0 Å². The van der Waals surface area contributed by atoms with Crippen LogP contribution in [0.4, 0.5) is 0 Å². The van der Waals surface area contributed by atoms with Gasteiger partial charge in [-0.05, 0) is 32.3 Å². The molecule has 2 heterocycles. The number of rotatable bonds is 2. The van der Waals surface area contributed by atoms with Crippen LogP contribution >= 0.6 is 0 Å². The van der Waals surface area contributed by atoms with E-state index >= 15 is 0 Å². The van der Waals surface area contributed by atoms with Gasteiger partial charge in [0.05, 0.1) is 12.6 Å². The first-order valence-electron chi connectivity index (χ1n) is 7.13. The minimum atomic E-state index is 0.157. The van der Waals surface area contributed by atoms with Gasteiger partial charge in [-0.2, -0.15) is 0 Å². The van der Waals surface area contributed by atoms with Gasteiger partial charge < -0.3 is 4.74 Å². The van der Waals surface area contributed by atoms with E-state index in [4.69, 9.17) is 4.74 Å². The smallest absolute Gasteiger partial charge is 0.134 e. The van der Waals surface area contributed by atoms with Gasteiger partial charge in [-0.15, -0.1) is 0 Å². The van der Waals surface area contributed by atoms with E-state index < -0.39 is 0 Å². The third-order valence-electron chi connectivity index (χ3n) is 4.62. The maximum Gasteiger partial charge on any atom is 0.134 e. The van der Waals surface area contributed by atoms with Gasteiger partial charge in [0.15, 0.2) is 0 Å². The van der Waals surface area contributed by atoms with E-state index in [0.717, 1.165) is 19.4 Å². The highest BCUT2D eigenvalue weighted by Crippen LogP contribution is 2.40. The molecule has 0 amide bonds. The number of ketones is 1. The highest BCUT2D eigenvalue weighted by Gasteiger charge is 2.45. The first-order chi connectivity index (χ1) is 9.18. The Morgan fingerprint density at radius 3 is 2.68 bits per heavy atom. The molecular formula is C16H21NO2. The maximum absolute atomic E-state index is 11.8. The molecule has 102 valence electrons. The van der Waals surface area contributed by atoms with Crippen LogP contribution < -0.4 is 0 Å². The average molecular weight is 259 g/mol.